The number of ketones is 1. The van der Waals surface area contributed by atoms with Crippen molar-refractivity contribution in [2.24, 2.45) is 20.7 Å². The maximum Gasteiger partial charge on any atom is 0.183 e. The van der Waals surface area contributed by atoms with E-state index in [0.717, 1.165) is 0 Å². The zero-order valence-electron chi connectivity index (χ0n) is 12.7. The lowest BCUT2D eigenvalue weighted by Gasteiger charge is -2.41. The minimum atomic E-state index is -1.22. The molecule has 3 heterocycles. The van der Waals surface area contributed by atoms with E-state index in [1.807, 2.05) is 6.08 Å². The van der Waals surface area contributed by atoms with Crippen LogP contribution in [-0.2, 0) is 9.53 Å². The molecule has 1 spiro atoms. The molecule has 4 aliphatic rings. The molecule has 0 radical (unpaired) electrons. The molecular formula is C15H18N4O5. The van der Waals surface area contributed by atoms with Gasteiger partial charge in [0.15, 0.2) is 12.0 Å². The molecule has 1 saturated heterocycles. The number of allylic oxidation sites excluding steroid dienone is 2. The Bertz CT molecular complexity index is 662. The van der Waals surface area contributed by atoms with Crippen molar-refractivity contribution in [3.05, 3.63) is 24.3 Å². The fourth-order valence-corrected chi connectivity index (χ4v) is 3.66. The van der Waals surface area contributed by atoms with Crippen LogP contribution >= 0.6 is 0 Å². The first-order valence-corrected chi connectivity index (χ1v) is 7.80. The number of hydrazone groups is 1. The van der Waals surface area contributed by atoms with E-state index in [-0.39, 0.29) is 18.4 Å². The largest absolute Gasteiger partial charge is 0.394 e. The number of aliphatic hydroxyl groups excluding tert-OH is 3. The van der Waals surface area contributed by atoms with Crippen LogP contribution in [0.1, 0.15) is 0 Å². The smallest absolute Gasteiger partial charge is 0.183 e. The highest BCUT2D eigenvalue weighted by Crippen LogP contribution is 2.43. The Morgan fingerprint density at radius 1 is 1.29 bits per heavy atom. The highest BCUT2D eigenvalue weighted by atomic mass is 16.6. The van der Waals surface area contributed by atoms with Gasteiger partial charge in [-0.25, -0.2) is 0 Å². The molecule has 1 fully saturated rings. The third-order valence-electron chi connectivity index (χ3n) is 5.02. The van der Waals surface area contributed by atoms with Gasteiger partial charge in [0.2, 0.25) is 0 Å². The van der Waals surface area contributed by atoms with E-state index < -0.39 is 42.6 Å². The van der Waals surface area contributed by atoms with Crippen molar-refractivity contribution in [1.29, 1.82) is 0 Å². The standard InChI is InChI=1S/C15H18N4O5/c20-6-9-11(22)12(23)14(24-9)19-7-15-4-2-1-3-8(21)13(15)18-17-10(15)5-16-19/h1-5,9-14,20,22-23H,6-7H2/t9-,10?,11-,12-,13?,14-,15?/m1/s1. The highest BCUT2D eigenvalue weighted by Gasteiger charge is 2.56. The number of nitrogens with zero attached hydrogens (tertiary/aromatic N) is 4. The molecule has 3 unspecified atom stereocenters. The van der Waals surface area contributed by atoms with Crippen LogP contribution < -0.4 is 0 Å². The van der Waals surface area contributed by atoms with Crippen LogP contribution in [0.4, 0.5) is 0 Å². The Kier molecular flexibility index (Phi) is 3.61. The zero-order valence-corrected chi connectivity index (χ0v) is 12.7. The lowest BCUT2D eigenvalue weighted by atomic mass is 9.73. The van der Waals surface area contributed by atoms with Crippen LogP contribution in [0.25, 0.3) is 0 Å². The fourth-order valence-electron chi connectivity index (χ4n) is 3.66. The Labute approximate surface area is 137 Å². The number of azo groups is 1. The van der Waals surface area contributed by atoms with Gasteiger partial charge in [-0.15, -0.1) is 0 Å². The molecule has 3 N–H and O–H groups in total. The third kappa shape index (κ3) is 2.09. The maximum absolute atomic E-state index is 12.3. The van der Waals surface area contributed by atoms with E-state index in [2.05, 4.69) is 15.3 Å². The van der Waals surface area contributed by atoms with Gasteiger partial charge in [0.05, 0.1) is 24.8 Å². The van der Waals surface area contributed by atoms with E-state index in [1.165, 1.54) is 11.1 Å². The summed E-state index contributed by atoms with van der Waals surface area (Å²) in [4.78, 5) is 12.3. The first kappa shape index (κ1) is 15.6. The summed E-state index contributed by atoms with van der Waals surface area (Å²) in [6, 6.07) is -1.01. The van der Waals surface area contributed by atoms with E-state index >= 15 is 0 Å². The second kappa shape index (κ2) is 5.55. The summed E-state index contributed by atoms with van der Waals surface area (Å²) in [5, 5.41) is 43.4. The molecular weight excluding hydrogens is 316 g/mol. The first-order chi connectivity index (χ1) is 11.6. The van der Waals surface area contributed by atoms with Crippen LogP contribution in [0, 0.1) is 5.41 Å². The van der Waals surface area contributed by atoms with Crippen LogP contribution in [0.15, 0.2) is 39.6 Å². The lowest BCUT2D eigenvalue weighted by Crippen LogP contribution is -2.56. The summed E-state index contributed by atoms with van der Waals surface area (Å²) in [6.45, 7) is -0.155. The SMILES string of the molecule is O=C1C=CC=CC23CN([C@@H]4O[C@H](CO)[C@@H](O)[C@H]4O)N=CC2N=NC13. The minimum Gasteiger partial charge on any atom is -0.394 e. The highest BCUT2D eigenvalue weighted by molar-refractivity contribution is 5.97. The number of aliphatic hydroxyl groups is 3. The van der Waals surface area contributed by atoms with Gasteiger partial charge in [-0.2, -0.15) is 15.3 Å². The van der Waals surface area contributed by atoms with Crippen molar-refractivity contribution in [3.8, 4) is 0 Å². The molecule has 0 aromatic carbocycles. The van der Waals surface area contributed by atoms with Crippen LogP contribution in [0.5, 0.6) is 0 Å². The van der Waals surface area contributed by atoms with E-state index in [4.69, 9.17) is 4.74 Å². The van der Waals surface area contributed by atoms with Gasteiger partial charge in [-0.1, -0.05) is 18.2 Å². The van der Waals surface area contributed by atoms with Gasteiger partial charge in [-0.05, 0) is 6.08 Å². The molecule has 1 aliphatic carbocycles. The van der Waals surface area contributed by atoms with E-state index in [9.17, 15) is 20.1 Å². The number of hydrogen-bond acceptors (Lipinski definition) is 9. The number of hydrogen-bond donors (Lipinski definition) is 3. The van der Waals surface area contributed by atoms with E-state index in [1.54, 1.807) is 18.4 Å². The van der Waals surface area contributed by atoms with Gasteiger partial charge in [0.1, 0.15) is 30.4 Å². The van der Waals surface area contributed by atoms with Crippen LogP contribution in [-0.4, -0.2) is 82.1 Å². The van der Waals surface area contributed by atoms with Crippen LogP contribution in [0.3, 0.4) is 0 Å². The molecule has 0 aromatic rings. The third-order valence-corrected chi connectivity index (χ3v) is 5.02. The zero-order chi connectivity index (χ0) is 16.9. The summed E-state index contributed by atoms with van der Waals surface area (Å²) >= 11 is 0. The Morgan fingerprint density at radius 3 is 2.88 bits per heavy atom. The summed E-state index contributed by atoms with van der Waals surface area (Å²) in [5.41, 5.74) is -0.701. The maximum atomic E-state index is 12.3. The predicted octanol–water partition coefficient (Wildman–Crippen LogP) is -1.39. The molecule has 7 atom stereocenters. The number of ether oxygens (including phenoxy) is 1. The van der Waals surface area contributed by atoms with Crippen molar-refractivity contribution in [2.45, 2.75) is 36.6 Å². The van der Waals surface area contributed by atoms with Gasteiger partial charge < -0.3 is 20.1 Å². The van der Waals surface area contributed by atoms with Crippen molar-refractivity contribution in [3.63, 3.8) is 0 Å². The van der Waals surface area contributed by atoms with Crippen molar-refractivity contribution in [1.82, 2.24) is 5.01 Å². The monoisotopic (exact) mass is 334 g/mol. The van der Waals surface area contributed by atoms with Crippen molar-refractivity contribution >= 4 is 12.0 Å². The molecule has 0 aromatic heterocycles. The molecule has 3 aliphatic heterocycles. The molecule has 4 rings (SSSR count). The Morgan fingerprint density at radius 2 is 2.12 bits per heavy atom. The summed E-state index contributed by atoms with van der Waals surface area (Å²) < 4.78 is 5.53. The molecule has 24 heavy (non-hydrogen) atoms. The predicted molar refractivity (Wildman–Crippen MR) is 81.1 cm³/mol. The Balaban J connectivity index is 1.64. The molecule has 0 amide bonds. The second-order valence-electron chi connectivity index (χ2n) is 6.40. The molecule has 9 nitrogen and oxygen atoms in total. The fraction of sp³-hybridized carbons (Fsp3) is 0.600. The summed E-state index contributed by atoms with van der Waals surface area (Å²) in [6.07, 6.45) is 4.19. The number of carbonyl (C=O) groups is 1. The summed E-state index contributed by atoms with van der Waals surface area (Å²) in [5.74, 6) is -0.136. The molecule has 0 bridgehead atoms. The second-order valence-corrected chi connectivity index (χ2v) is 6.40. The molecule has 9 heteroatoms. The van der Waals surface area contributed by atoms with Crippen molar-refractivity contribution in [2.75, 3.05) is 13.2 Å². The van der Waals surface area contributed by atoms with Crippen LogP contribution in [0.2, 0.25) is 0 Å². The average Bonchev–Trinajstić information content (AvgIpc) is 3.05. The van der Waals surface area contributed by atoms with Gasteiger partial charge in [0.25, 0.3) is 0 Å². The number of carbonyl (C=O) groups excluding carboxylic acids is 1. The first-order valence-electron chi connectivity index (χ1n) is 7.80. The van der Waals surface area contributed by atoms with Gasteiger partial charge in [-0.3, -0.25) is 9.80 Å². The van der Waals surface area contributed by atoms with Gasteiger partial charge >= 0.3 is 0 Å². The average molecular weight is 334 g/mol. The van der Waals surface area contributed by atoms with E-state index in [0.29, 0.717) is 0 Å². The number of rotatable bonds is 2. The minimum absolute atomic E-state index is 0.136. The quantitative estimate of drug-likeness (QED) is 0.571. The van der Waals surface area contributed by atoms with Gasteiger partial charge in [0, 0.05) is 0 Å². The summed E-state index contributed by atoms with van der Waals surface area (Å²) in [7, 11) is 0. The molecule has 128 valence electrons. The topological polar surface area (TPSA) is 127 Å². The lowest BCUT2D eigenvalue weighted by molar-refractivity contribution is -0.122. The normalized spacial score (nSPS) is 46.3. The molecule has 0 saturated carbocycles. The van der Waals surface area contributed by atoms with Crippen molar-refractivity contribution < 1.29 is 24.9 Å². The Hall–Kier alpha value is -1.94.